The van der Waals surface area contributed by atoms with Gasteiger partial charge in [-0.25, -0.2) is 0 Å². The van der Waals surface area contributed by atoms with Crippen LogP contribution < -0.4 is 10.1 Å². The molecule has 1 aromatic carbocycles. The molecule has 0 saturated heterocycles. The Kier molecular flexibility index (Phi) is 4.71. The summed E-state index contributed by atoms with van der Waals surface area (Å²) in [5.41, 5.74) is 2.64. The molecule has 2 rings (SSSR count). The van der Waals surface area contributed by atoms with Gasteiger partial charge in [-0.3, -0.25) is 9.78 Å². The van der Waals surface area contributed by atoms with E-state index in [0.717, 1.165) is 17.5 Å². The molecule has 2 aromatic rings. The van der Waals surface area contributed by atoms with Gasteiger partial charge in [0.05, 0.1) is 12.7 Å². The van der Waals surface area contributed by atoms with Gasteiger partial charge in [-0.15, -0.1) is 0 Å². The van der Waals surface area contributed by atoms with Crippen LogP contribution in [-0.2, 0) is 13.0 Å². The first kappa shape index (κ1) is 14.1. The molecule has 0 unspecified atom stereocenters. The van der Waals surface area contributed by atoms with Crippen LogP contribution in [-0.4, -0.2) is 18.0 Å². The molecule has 0 radical (unpaired) electrons. The minimum absolute atomic E-state index is 0.138. The molecule has 20 heavy (non-hydrogen) atoms. The number of methoxy groups -OCH3 is 1. The number of aromatic nitrogens is 1. The van der Waals surface area contributed by atoms with Crippen molar-refractivity contribution in [2.24, 2.45) is 0 Å². The summed E-state index contributed by atoms with van der Waals surface area (Å²) in [6, 6.07) is 9.44. The number of pyridine rings is 1. The van der Waals surface area contributed by atoms with Gasteiger partial charge in [0.15, 0.2) is 0 Å². The normalized spacial score (nSPS) is 10.1. The number of benzene rings is 1. The summed E-state index contributed by atoms with van der Waals surface area (Å²) in [5.74, 6) is 0.451. The third-order valence-corrected chi connectivity index (χ3v) is 3.09. The minimum atomic E-state index is -0.138. The van der Waals surface area contributed by atoms with Crippen molar-refractivity contribution in [2.75, 3.05) is 7.11 Å². The van der Waals surface area contributed by atoms with Crippen molar-refractivity contribution in [2.45, 2.75) is 19.9 Å². The standard InChI is InChI=1S/C16H18N2O2/c1-3-12-6-7-15(20-2)14(9-12)16(19)18-11-13-5-4-8-17-10-13/h4-10H,3,11H2,1-2H3,(H,18,19). The summed E-state index contributed by atoms with van der Waals surface area (Å²) in [6.45, 7) is 2.51. The average Bonchev–Trinajstić information content (AvgIpc) is 2.52. The first-order chi connectivity index (χ1) is 9.74. The van der Waals surface area contributed by atoms with E-state index in [1.807, 2.05) is 30.3 Å². The first-order valence-corrected chi connectivity index (χ1v) is 6.58. The molecule has 0 fully saturated rings. The lowest BCUT2D eigenvalue weighted by atomic mass is 10.1. The van der Waals surface area contributed by atoms with Gasteiger partial charge in [-0.2, -0.15) is 0 Å². The topological polar surface area (TPSA) is 51.2 Å². The first-order valence-electron chi connectivity index (χ1n) is 6.58. The zero-order valence-corrected chi connectivity index (χ0v) is 11.7. The summed E-state index contributed by atoms with van der Waals surface area (Å²) in [7, 11) is 1.57. The lowest BCUT2D eigenvalue weighted by Crippen LogP contribution is -2.23. The van der Waals surface area contributed by atoms with Gasteiger partial charge in [-0.05, 0) is 35.7 Å². The number of nitrogens with zero attached hydrogens (tertiary/aromatic N) is 1. The van der Waals surface area contributed by atoms with E-state index in [4.69, 9.17) is 4.74 Å². The highest BCUT2D eigenvalue weighted by Crippen LogP contribution is 2.20. The number of nitrogens with one attached hydrogen (secondary N) is 1. The number of amides is 1. The molecular weight excluding hydrogens is 252 g/mol. The second-order valence-corrected chi connectivity index (χ2v) is 4.43. The van der Waals surface area contributed by atoms with E-state index in [2.05, 4.69) is 17.2 Å². The van der Waals surface area contributed by atoms with E-state index < -0.39 is 0 Å². The van der Waals surface area contributed by atoms with Crippen LogP contribution in [0.15, 0.2) is 42.7 Å². The highest BCUT2D eigenvalue weighted by atomic mass is 16.5. The predicted molar refractivity (Wildman–Crippen MR) is 77.8 cm³/mol. The Morgan fingerprint density at radius 1 is 1.30 bits per heavy atom. The van der Waals surface area contributed by atoms with Crippen LogP contribution in [0.1, 0.15) is 28.4 Å². The smallest absolute Gasteiger partial charge is 0.255 e. The lowest BCUT2D eigenvalue weighted by molar-refractivity contribution is 0.0947. The molecular formula is C16H18N2O2. The Labute approximate surface area is 118 Å². The number of rotatable bonds is 5. The van der Waals surface area contributed by atoms with Crippen LogP contribution in [0.2, 0.25) is 0 Å². The van der Waals surface area contributed by atoms with E-state index in [1.165, 1.54) is 0 Å². The second-order valence-electron chi connectivity index (χ2n) is 4.43. The third-order valence-electron chi connectivity index (χ3n) is 3.09. The summed E-state index contributed by atoms with van der Waals surface area (Å²) in [6.07, 6.45) is 4.33. The van der Waals surface area contributed by atoms with Crippen LogP contribution >= 0.6 is 0 Å². The fraction of sp³-hybridized carbons (Fsp3) is 0.250. The zero-order chi connectivity index (χ0) is 14.4. The van der Waals surface area contributed by atoms with Gasteiger partial charge in [0.2, 0.25) is 0 Å². The minimum Gasteiger partial charge on any atom is -0.496 e. The van der Waals surface area contributed by atoms with Crippen LogP contribution in [0.3, 0.4) is 0 Å². The van der Waals surface area contributed by atoms with E-state index in [-0.39, 0.29) is 5.91 Å². The highest BCUT2D eigenvalue weighted by molar-refractivity contribution is 5.97. The molecule has 4 heteroatoms. The van der Waals surface area contributed by atoms with Crippen molar-refractivity contribution in [3.63, 3.8) is 0 Å². The Bertz CT molecular complexity index is 582. The monoisotopic (exact) mass is 270 g/mol. The number of carbonyl (C=O) groups excluding carboxylic acids is 1. The molecule has 0 aliphatic carbocycles. The molecule has 0 atom stereocenters. The molecule has 1 N–H and O–H groups in total. The fourth-order valence-corrected chi connectivity index (χ4v) is 1.93. The Balaban J connectivity index is 2.12. The van der Waals surface area contributed by atoms with E-state index >= 15 is 0 Å². The molecule has 1 amide bonds. The maximum absolute atomic E-state index is 12.3. The molecule has 1 aromatic heterocycles. The van der Waals surface area contributed by atoms with Crippen molar-refractivity contribution in [3.8, 4) is 5.75 Å². The molecule has 0 aliphatic heterocycles. The predicted octanol–water partition coefficient (Wildman–Crippen LogP) is 2.58. The van der Waals surface area contributed by atoms with Crippen molar-refractivity contribution in [1.29, 1.82) is 0 Å². The maximum Gasteiger partial charge on any atom is 0.255 e. The van der Waals surface area contributed by atoms with Crippen molar-refractivity contribution >= 4 is 5.91 Å². The maximum atomic E-state index is 12.3. The van der Waals surface area contributed by atoms with E-state index in [0.29, 0.717) is 17.9 Å². The van der Waals surface area contributed by atoms with Crippen LogP contribution in [0, 0.1) is 0 Å². The second kappa shape index (κ2) is 6.70. The molecule has 0 aliphatic rings. The zero-order valence-electron chi connectivity index (χ0n) is 11.7. The van der Waals surface area contributed by atoms with Crippen molar-refractivity contribution in [3.05, 3.63) is 59.4 Å². The molecule has 0 bridgehead atoms. The lowest BCUT2D eigenvalue weighted by Gasteiger charge is -2.10. The third kappa shape index (κ3) is 3.35. The van der Waals surface area contributed by atoms with E-state index in [1.54, 1.807) is 19.5 Å². The number of ether oxygens (including phenoxy) is 1. The largest absolute Gasteiger partial charge is 0.496 e. The van der Waals surface area contributed by atoms with Gasteiger partial charge in [0.1, 0.15) is 5.75 Å². The Morgan fingerprint density at radius 2 is 2.15 bits per heavy atom. The average molecular weight is 270 g/mol. The van der Waals surface area contributed by atoms with Gasteiger partial charge >= 0.3 is 0 Å². The Morgan fingerprint density at radius 3 is 2.80 bits per heavy atom. The van der Waals surface area contributed by atoms with Gasteiger partial charge in [0, 0.05) is 18.9 Å². The summed E-state index contributed by atoms with van der Waals surface area (Å²) >= 11 is 0. The molecule has 1 heterocycles. The summed E-state index contributed by atoms with van der Waals surface area (Å²) < 4.78 is 5.24. The van der Waals surface area contributed by atoms with Gasteiger partial charge in [0.25, 0.3) is 5.91 Å². The highest BCUT2D eigenvalue weighted by Gasteiger charge is 2.12. The van der Waals surface area contributed by atoms with Gasteiger partial charge in [-0.1, -0.05) is 19.1 Å². The summed E-state index contributed by atoms with van der Waals surface area (Å²) in [4.78, 5) is 16.3. The SMILES string of the molecule is CCc1ccc(OC)c(C(=O)NCc2cccnc2)c1. The number of hydrogen-bond acceptors (Lipinski definition) is 3. The number of carbonyl (C=O) groups is 1. The number of hydrogen-bond donors (Lipinski definition) is 1. The van der Waals surface area contributed by atoms with Crippen LogP contribution in [0.5, 0.6) is 5.75 Å². The van der Waals surface area contributed by atoms with Crippen molar-refractivity contribution in [1.82, 2.24) is 10.3 Å². The van der Waals surface area contributed by atoms with Crippen LogP contribution in [0.25, 0.3) is 0 Å². The van der Waals surface area contributed by atoms with E-state index in [9.17, 15) is 4.79 Å². The van der Waals surface area contributed by atoms with Gasteiger partial charge < -0.3 is 10.1 Å². The molecule has 0 spiro atoms. The van der Waals surface area contributed by atoms with Crippen LogP contribution in [0.4, 0.5) is 0 Å². The molecule has 104 valence electrons. The fourth-order valence-electron chi connectivity index (χ4n) is 1.93. The Hall–Kier alpha value is -2.36. The molecule has 4 nitrogen and oxygen atoms in total. The quantitative estimate of drug-likeness (QED) is 0.908. The summed E-state index contributed by atoms with van der Waals surface area (Å²) in [5, 5.41) is 2.88. The number of aryl methyl sites for hydroxylation is 1. The molecule has 0 saturated carbocycles. The van der Waals surface area contributed by atoms with Crippen molar-refractivity contribution < 1.29 is 9.53 Å².